The fourth-order valence-electron chi connectivity index (χ4n) is 2.28. The lowest BCUT2D eigenvalue weighted by Crippen LogP contribution is -2.46. The van der Waals surface area contributed by atoms with Crippen LogP contribution in [-0.4, -0.2) is 23.9 Å². The van der Waals surface area contributed by atoms with Crippen LogP contribution >= 0.6 is 0 Å². The average molecular weight is 292 g/mol. The lowest BCUT2D eigenvalue weighted by molar-refractivity contribution is -0.127. The Hall–Kier alpha value is -1.91. The van der Waals surface area contributed by atoms with Crippen LogP contribution in [0, 0.1) is 11.7 Å². The number of halogens is 1. The van der Waals surface area contributed by atoms with Crippen LogP contribution in [0.1, 0.15) is 33.6 Å². The summed E-state index contributed by atoms with van der Waals surface area (Å²) in [5, 5.41) is 2.97. The Morgan fingerprint density at radius 2 is 2.00 bits per heavy atom. The Morgan fingerprint density at radius 3 is 2.57 bits per heavy atom. The van der Waals surface area contributed by atoms with Crippen LogP contribution in [0.4, 0.5) is 10.1 Å². The van der Waals surface area contributed by atoms with E-state index in [2.05, 4.69) is 5.32 Å². The first-order valence-corrected chi connectivity index (χ1v) is 7.20. The van der Waals surface area contributed by atoms with Gasteiger partial charge in [-0.25, -0.2) is 4.39 Å². The predicted molar refractivity (Wildman–Crippen MR) is 79.4 cm³/mol. The molecule has 114 valence electrons. The standard InChI is InChI=1S/C16H21FN2O2/c1-4-16(2,3)18-15(21)11-9-14(20)19(10-11)13-7-5-12(17)6-8-13/h5-8,11H,4,9-10H2,1-3H3,(H,18,21). The maximum atomic E-state index is 12.9. The maximum Gasteiger partial charge on any atom is 0.227 e. The zero-order valence-corrected chi connectivity index (χ0v) is 12.6. The summed E-state index contributed by atoms with van der Waals surface area (Å²) in [7, 11) is 0. The summed E-state index contributed by atoms with van der Waals surface area (Å²) in [6.07, 6.45) is 1.02. The first kappa shape index (κ1) is 15.5. The van der Waals surface area contributed by atoms with Gasteiger partial charge in [0.05, 0.1) is 5.92 Å². The molecule has 0 bridgehead atoms. The molecule has 1 N–H and O–H groups in total. The number of nitrogens with one attached hydrogen (secondary N) is 1. The van der Waals surface area contributed by atoms with E-state index in [0.29, 0.717) is 12.2 Å². The van der Waals surface area contributed by atoms with Gasteiger partial charge >= 0.3 is 0 Å². The van der Waals surface area contributed by atoms with Crippen molar-refractivity contribution in [2.75, 3.05) is 11.4 Å². The molecule has 5 heteroatoms. The molecule has 2 rings (SSSR count). The topological polar surface area (TPSA) is 49.4 Å². The van der Waals surface area contributed by atoms with E-state index in [-0.39, 0.29) is 35.5 Å². The second kappa shape index (κ2) is 5.84. The fraction of sp³-hybridized carbons (Fsp3) is 0.500. The van der Waals surface area contributed by atoms with Crippen molar-refractivity contribution in [1.29, 1.82) is 0 Å². The summed E-state index contributed by atoms with van der Waals surface area (Å²) < 4.78 is 12.9. The van der Waals surface area contributed by atoms with E-state index in [0.717, 1.165) is 6.42 Å². The van der Waals surface area contributed by atoms with Crippen LogP contribution in [-0.2, 0) is 9.59 Å². The molecule has 0 saturated carbocycles. The van der Waals surface area contributed by atoms with Crippen molar-refractivity contribution in [3.8, 4) is 0 Å². The SMILES string of the molecule is CCC(C)(C)NC(=O)C1CC(=O)N(c2ccc(F)cc2)C1. The molecule has 1 saturated heterocycles. The first-order valence-electron chi connectivity index (χ1n) is 7.20. The number of amides is 2. The number of rotatable bonds is 4. The van der Waals surface area contributed by atoms with E-state index in [1.807, 2.05) is 20.8 Å². The molecule has 0 aliphatic carbocycles. The molecule has 1 aliphatic heterocycles. The molecule has 1 fully saturated rings. The van der Waals surface area contributed by atoms with Crippen LogP contribution in [0.15, 0.2) is 24.3 Å². The molecule has 21 heavy (non-hydrogen) atoms. The van der Waals surface area contributed by atoms with E-state index >= 15 is 0 Å². The fourth-order valence-corrected chi connectivity index (χ4v) is 2.28. The van der Waals surface area contributed by atoms with Gasteiger partial charge in [-0.1, -0.05) is 6.92 Å². The summed E-state index contributed by atoms with van der Waals surface area (Å²) >= 11 is 0. The number of anilines is 1. The zero-order chi connectivity index (χ0) is 15.6. The van der Waals surface area contributed by atoms with Crippen molar-refractivity contribution in [1.82, 2.24) is 5.32 Å². The lowest BCUT2D eigenvalue weighted by Gasteiger charge is -2.26. The average Bonchev–Trinajstić information content (AvgIpc) is 2.81. The van der Waals surface area contributed by atoms with Crippen LogP contribution in [0.25, 0.3) is 0 Å². The summed E-state index contributed by atoms with van der Waals surface area (Å²) in [5.41, 5.74) is 0.357. The van der Waals surface area contributed by atoms with Gasteiger partial charge in [0.15, 0.2) is 0 Å². The smallest absolute Gasteiger partial charge is 0.227 e. The second-order valence-electron chi connectivity index (χ2n) is 6.11. The van der Waals surface area contributed by atoms with Crippen molar-refractivity contribution in [2.24, 2.45) is 5.92 Å². The molecular weight excluding hydrogens is 271 g/mol. The number of nitrogens with zero attached hydrogens (tertiary/aromatic N) is 1. The summed E-state index contributed by atoms with van der Waals surface area (Å²) in [5.74, 6) is -0.895. The molecular formula is C16H21FN2O2. The molecule has 0 spiro atoms. The van der Waals surface area contributed by atoms with Gasteiger partial charge in [-0.15, -0.1) is 0 Å². The summed E-state index contributed by atoms with van der Waals surface area (Å²) in [6.45, 7) is 6.26. The van der Waals surface area contributed by atoms with E-state index in [4.69, 9.17) is 0 Å². The summed E-state index contributed by atoms with van der Waals surface area (Å²) in [4.78, 5) is 25.9. The third-order valence-electron chi connectivity index (χ3n) is 3.98. The van der Waals surface area contributed by atoms with Crippen LogP contribution in [0.3, 0.4) is 0 Å². The van der Waals surface area contributed by atoms with Crippen molar-refractivity contribution in [3.63, 3.8) is 0 Å². The predicted octanol–water partition coefficient (Wildman–Crippen LogP) is 2.48. The quantitative estimate of drug-likeness (QED) is 0.927. The molecule has 1 aromatic rings. The number of carbonyl (C=O) groups is 2. The molecule has 4 nitrogen and oxygen atoms in total. The molecule has 0 aromatic heterocycles. The van der Waals surface area contributed by atoms with Gasteiger partial charge in [-0.3, -0.25) is 9.59 Å². The minimum absolute atomic E-state index is 0.0974. The number of hydrogen-bond acceptors (Lipinski definition) is 2. The third kappa shape index (κ3) is 3.60. The highest BCUT2D eigenvalue weighted by Gasteiger charge is 2.36. The molecule has 2 amide bonds. The van der Waals surface area contributed by atoms with Gasteiger partial charge in [0.1, 0.15) is 5.82 Å². The number of hydrogen-bond donors (Lipinski definition) is 1. The monoisotopic (exact) mass is 292 g/mol. The van der Waals surface area contributed by atoms with Gasteiger partial charge in [-0.05, 0) is 44.5 Å². The Morgan fingerprint density at radius 1 is 1.38 bits per heavy atom. The van der Waals surface area contributed by atoms with Crippen molar-refractivity contribution >= 4 is 17.5 Å². The molecule has 1 aromatic carbocycles. The Bertz CT molecular complexity index is 540. The van der Waals surface area contributed by atoms with Crippen LogP contribution in [0.5, 0.6) is 0 Å². The molecule has 1 aliphatic rings. The number of carbonyl (C=O) groups excluding carboxylic acids is 2. The molecule has 0 radical (unpaired) electrons. The van der Waals surface area contributed by atoms with Crippen molar-refractivity contribution in [3.05, 3.63) is 30.1 Å². The largest absolute Gasteiger partial charge is 0.351 e. The number of benzene rings is 1. The Kier molecular flexibility index (Phi) is 4.30. The van der Waals surface area contributed by atoms with Crippen molar-refractivity contribution < 1.29 is 14.0 Å². The zero-order valence-electron chi connectivity index (χ0n) is 12.6. The van der Waals surface area contributed by atoms with Gasteiger partial charge in [0.25, 0.3) is 0 Å². The Labute approximate surface area is 124 Å². The van der Waals surface area contributed by atoms with E-state index in [1.165, 1.54) is 12.1 Å². The van der Waals surface area contributed by atoms with Crippen LogP contribution < -0.4 is 10.2 Å². The molecule has 1 atom stereocenters. The molecule has 1 heterocycles. The van der Waals surface area contributed by atoms with E-state index in [1.54, 1.807) is 17.0 Å². The Balaban J connectivity index is 2.05. The van der Waals surface area contributed by atoms with Gasteiger partial charge in [0, 0.05) is 24.2 Å². The normalized spacial score (nSPS) is 19.0. The second-order valence-corrected chi connectivity index (χ2v) is 6.11. The maximum absolute atomic E-state index is 12.9. The van der Waals surface area contributed by atoms with Crippen LogP contribution in [0.2, 0.25) is 0 Å². The highest BCUT2D eigenvalue weighted by atomic mass is 19.1. The third-order valence-corrected chi connectivity index (χ3v) is 3.98. The highest BCUT2D eigenvalue weighted by molar-refractivity contribution is 6.00. The minimum atomic E-state index is -0.353. The van der Waals surface area contributed by atoms with Crippen molar-refractivity contribution in [2.45, 2.75) is 39.2 Å². The van der Waals surface area contributed by atoms with Gasteiger partial charge < -0.3 is 10.2 Å². The lowest BCUT2D eigenvalue weighted by atomic mass is 9.99. The molecule has 1 unspecified atom stereocenters. The summed E-state index contributed by atoms with van der Waals surface area (Å²) in [6, 6.07) is 5.75. The minimum Gasteiger partial charge on any atom is -0.351 e. The first-order chi connectivity index (χ1) is 9.82. The van der Waals surface area contributed by atoms with E-state index in [9.17, 15) is 14.0 Å². The van der Waals surface area contributed by atoms with E-state index < -0.39 is 0 Å². The van der Waals surface area contributed by atoms with Gasteiger partial charge in [-0.2, -0.15) is 0 Å². The van der Waals surface area contributed by atoms with Gasteiger partial charge in [0.2, 0.25) is 11.8 Å². The highest BCUT2D eigenvalue weighted by Crippen LogP contribution is 2.26.